The van der Waals surface area contributed by atoms with E-state index in [2.05, 4.69) is 15.3 Å². The van der Waals surface area contributed by atoms with Crippen molar-refractivity contribution in [3.05, 3.63) is 29.7 Å². The second kappa shape index (κ2) is 9.93. The molecular formula is C22H31FN4O5. The number of nitrogens with zero attached hydrogens (tertiary/aromatic N) is 3. The van der Waals surface area contributed by atoms with Gasteiger partial charge in [-0.3, -0.25) is 9.88 Å². The number of alkyl carbamates (subject to hydrolysis) is 1. The molecule has 2 aromatic rings. The lowest BCUT2D eigenvalue weighted by molar-refractivity contribution is 0.0174. The van der Waals surface area contributed by atoms with Crippen LogP contribution >= 0.6 is 0 Å². The number of carbonyl (C=O) groups excluding carboxylic acids is 1. The summed E-state index contributed by atoms with van der Waals surface area (Å²) in [7, 11) is 1.47. The lowest BCUT2D eigenvalue weighted by Gasteiger charge is -2.37. The van der Waals surface area contributed by atoms with Crippen molar-refractivity contribution in [2.45, 2.75) is 50.9 Å². The molecule has 0 saturated carbocycles. The van der Waals surface area contributed by atoms with Crippen LogP contribution in [0.25, 0.3) is 11.0 Å². The number of aromatic nitrogens is 2. The summed E-state index contributed by atoms with van der Waals surface area (Å²) in [4.78, 5) is 22.4. The number of hydrogen-bond acceptors (Lipinski definition) is 8. The van der Waals surface area contributed by atoms with E-state index in [1.807, 2.05) is 4.90 Å². The summed E-state index contributed by atoms with van der Waals surface area (Å²) in [6.45, 7) is 6.13. The molecular weight excluding hydrogens is 419 g/mol. The van der Waals surface area contributed by atoms with Crippen LogP contribution in [0.4, 0.5) is 9.18 Å². The molecule has 3 rings (SSSR count). The van der Waals surface area contributed by atoms with E-state index in [1.54, 1.807) is 32.9 Å². The van der Waals surface area contributed by atoms with Gasteiger partial charge in [0.15, 0.2) is 0 Å². The maximum Gasteiger partial charge on any atom is 0.407 e. The lowest BCUT2D eigenvalue weighted by atomic mass is 9.95. The molecule has 2 aromatic heterocycles. The number of β-amino-alcohol motifs (C(OH)–C–C–N with tert-alkyl or cyclic N) is 1. The number of fused-ring (bicyclic) bond motifs is 1. The lowest BCUT2D eigenvalue weighted by Crippen LogP contribution is -2.55. The first-order chi connectivity index (χ1) is 15.1. The zero-order valence-corrected chi connectivity index (χ0v) is 18.8. The average Bonchev–Trinajstić information content (AvgIpc) is 2.72. The highest BCUT2D eigenvalue weighted by molar-refractivity contribution is 5.79. The molecule has 0 bridgehead atoms. The summed E-state index contributed by atoms with van der Waals surface area (Å²) in [5.41, 5.74) is 0.476. The van der Waals surface area contributed by atoms with E-state index in [-0.39, 0.29) is 18.7 Å². The Hall–Kier alpha value is -2.56. The van der Waals surface area contributed by atoms with Crippen LogP contribution in [0.5, 0.6) is 5.88 Å². The largest absolute Gasteiger partial charge is 0.481 e. The molecule has 1 unspecified atom stereocenters. The predicted molar refractivity (Wildman–Crippen MR) is 116 cm³/mol. The highest BCUT2D eigenvalue weighted by Crippen LogP contribution is 2.29. The normalized spacial score (nSPS) is 20.7. The van der Waals surface area contributed by atoms with Crippen molar-refractivity contribution in [1.82, 2.24) is 20.2 Å². The number of rotatable bonds is 6. The van der Waals surface area contributed by atoms with Crippen LogP contribution in [0.2, 0.25) is 0 Å². The average molecular weight is 451 g/mol. The van der Waals surface area contributed by atoms with Gasteiger partial charge in [-0.05, 0) is 33.3 Å². The summed E-state index contributed by atoms with van der Waals surface area (Å²) in [5.74, 6) is -0.811. The van der Waals surface area contributed by atoms with Crippen LogP contribution < -0.4 is 10.1 Å². The van der Waals surface area contributed by atoms with Gasteiger partial charge < -0.3 is 25.0 Å². The van der Waals surface area contributed by atoms with Crippen molar-refractivity contribution >= 4 is 17.1 Å². The molecule has 1 aliphatic heterocycles. The van der Waals surface area contributed by atoms with Crippen molar-refractivity contribution < 1.29 is 28.9 Å². The van der Waals surface area contributed by atoms with E-state index in [0.29, 0.717) is 36.4 Å². The van der Waals surface area contributed by atoms with Crippen LogP contribution in [0.1, 0.15) is 38.7 Å². The molecule has 3 N–H and O–H groups in total. The molecule has 1 amide bonds. The summed E-state index contributed by atoms with van der Waals surface area (Å²) in [6, 6.07) is 2.89. The number of aliphatic hydroxyl groups excluding tert-OH is 2. The van der Waals surface area contributed by atoms with Gasteiger partial charge in [-0.25, -0.2) is 14.2 Å². The number of likely N-dealkylation sites (tertiary alicyclic amines) is 1. The molecule has 9 nitrogen and oxygen atoms in total. The molecule has 10 heteroatoms. The molecule has 1 saturated heterocycles. The van der Waals surface area contributed by atoms with E-state index >= 15 is 0 Å². The topological polar surface area (TPSA) is 117 Å². The summed E-state index contributed by atoms with van der Waals surface area (Å²) < 4.78 is 25.2. The number of amides is 1. The third-order valence-electron chi connectivity index (χ3n) is 5.36. The van der Waals surface area contributed by atoms with Crippen molar-refractivity contribution in [3.63, 3.8) is 0 Å². The van der Waals surface area contributed by atoms with Crippen LogP contribution in [0.15, 0.2) is 18.3 Å². The fourth-order valence-electron chi connectivity index (χ4n) is 3.89. The Morgan fingerprint density at radius 1 is 1.41 bits per heavy atom. The van der Waals surface area contributed by atoms with Crippen molar-refractivity contribution in [2.24, 2.45) is 0 Å². The van der Waals surface area contributed by atoms with Gasteiger partial charge in [0.2, 0.25) is 5.88 Å². The number of piperidine rings is 1. The quantitative estimate of drug-likeness (QED) is 0.610. The molecule has 3 atom stereocenters. The first-order valence-electron chi connectivity index (χ1n) is 10.6. The Kier molecular flexibility index (Phi) is 7.47. The molecule has 1 fully saturated rings. The maximum absolute atomic E-state index is 14.8. The molecule has 1 aliphatic rings. The van der Waals surface area contributed by atoms with Gasteiger partial charge in [-0.2, -0.15) is 0 Å². The summed E-state index contributed by atoms with van der Waals surface area (Å²) in [5, 5.41) is 23.3. The first kappa shape index (κ1) is 24.1. The van der Waals surface area contributed by atoms with Gasteiger partial charge in [0.05, 0.1) is 43.1 Å². The Labute approximate surface area is 186 Å². The summed E-state index contributed by atoms with van der Waals surface area (Å²) >= 11 is 0. The monoisotopic (exact) mass is 450 g/mol. The number of nitrogens with one attached hydrogen (secondary N) is 1. The Morgan fingerprint density at radius 2 is 2.16 bits per heavy atom. The Balaban J connectivity index is 1.71. The molecule has 32 heavy (non-hydrogen) atoms. The minimum absolute atomic E-state index is 0.262. The summed E-state index contributed by atoms with van der Waals surface area (Å²) in [6.07, 6.45) is 0.214. The van der Waals surface area contributed by atoms with E-state index in [9.17, 15) is 19.4 Å². The van der Waals surface area contributed by atoms with E-state index in [1.165, 1.54) is 7.11 Å². The second-order valence-corrected chi connectivity index (χ2v) is 8.99. The fraction of sp³-hybridized carbons (Fsp3) is 0.591. The molecule has 176 valence electrons. The van der Waals surface area contributed by atoms with Gasteiger partial charge in [0.25, 0.3) is 0 Å². The first-order valence-corrected chi connectivity index (χ1v) is 10.6. The third-order valence-corrected chi connectivity index (χ3v) is 5.36. The van der Waals surface area contributed by atoms with Gasteiger partial charge in [-0.1, -0.05) is 0 Å². The van der Waals surface area contributed by atoms with E-state index in [0.717, 1.165) is 6.20 Å². The zero-order chi connectivity index (χ0) is 23.5. The predicted octanol–water partition coefficient (Wildman–Crippen LogP) is 1.81. The number of carbonyl (C=O) groups is 1. The molecule has 0 radical (unpaired) electrons. The van der Waals surface area contributed by atoms with Gasteiger partial charge in [0, 0.05) is 37.2 Å². The number of halogens is 1. The molecule has 0 aromatic carbocycles. The van der Waals surface area contributed by atoms with Gasteiger partial charge in [0.1, 0.15) is 11.4 Å². The highest BCUT2D eigenvalue weighted by Gasteiger charge is 2.32. The van der Waals surface area contributed by atoms with Gasteiger partial charge >= 0.3 is 6.09 Å². The van der Waals surface area contributed by atoms with Crippen molar-refractivity contribution in [1.29, 1.82) is 0 Å². The molecule has 0 spiro atoms. The van der Waals surface area contributed by atoms with Gasteiger partial charge in [-0.15, -0.1) is 0 Å². The SMILES string of the molecule is COc1ccc2ncc(F)c(C(CO)CN3CC[C@@H](NC(=O)OC(C)(C)C)[C@@H](O)C3)c2n1. The van der Waals surface area contributed by atoms with E-state index in [4.69, 9.17) is 9.47 Å². The number of pyridine rings is 2. The van der Waals surface area contributed by atoms with Crippen molar-refractivity contribution in [3.8, 4) is 5.88 Å². The number of ether oxygens (including phenoxy) is 2. The number of methoxy groups -OCH3 is 1. The third kappa shape index (κ3) is 5.81. The smallest absolute Gasteiger partial charge is 0.407 e. The van der Waals surface area contributed by atoms with Crippen LogP contribution in [-0.4, -0.2) is 82.3 Å². The number of aliphatic hydroxyl groups is 2. The van der Waals surface area contributed by atoms with E-state index < -0.39 is 35.6 Å². The van der Waals surface area contributed by atoms with Crippen LogP contribution in [0, 0.1) is 5.82 Å². The van der Waals surface area contributed by atoms with Crippen LogP contribution in [0.3, 0.4) is 0 Å². The zero-order valence-electron chi connectivity index (χ0n) is 18.8. The Bertz CT molecular complexity index is 952. The second-order valence-electron chi connectivity index (χ2n) is 8.99. The Morgan fingerprint density at radius 3 is 2.78 bits per heavy atom. The number of hydrogen-bond donors (Lipinski definition) is 3. The van der Waals surface area contributed by atoms with Crippen LogP contribution in [-0.2, 0) is 4.74 Å². The standard InChI is InChI=1S/C22H31FN4O5/c1-22(2,3)32-21(30)25-15-7-8-27(11-17(15)29)10-13(12-28)19-14(23)9-24-16-5-6-18(31-4)26-20(16)19/h5-6,9,13,15,17,28-29H,7-8,10-12H2,1-4H3,(H,25,30)/t13?,15-,17+/m1/s1. The maximum atomic E-state index is 14.8. The molecule has 3 heterocycles. The fourth-order valence-corrected chi connectivity index (χ4v) is 3.89. The van der Waals surface area contributed by atoms with Crippen molar-refractivity contribution in [2.75, 3.05) is 33.4 Å². The minimum atomic E-state index is -0.826. The highest BCUT2D eigenvalue weighted by atomic mass is 19.1. The molecule has 0 aliphatic carbocycles. The minimum Gasteiger partial charge on any atom is -0.481 e.